The Kier molecular flexibility index (Phi) is 12.4. The first kappa shape index (κ1) is 34.3. The molecular formula is C36H39N9O4. The van der Waals surface area contributed by atoms with Gasteiger partial charge < -0.3 is 42.2 Å². The zero-order valence-corrected chi connectivity index (χ0v) is 26.8. The molecule has 49 heavy (non-hydrogen) atoms. The molecule has 0 aliphatic carbocycles. The first-order valence-electron chi connectivity index (χ1n) is 15.8. The molecule has 1 atom stereocenters. The highest BCUT2D eigenvalue weighted by atomic mass is 16.5. The van der Waals surface area contributed by atoms with E-state index in [2.05, 4.69) is 41.5 Å². The van der Waals surface area contributed by atoms with Gasteiger partial charge in [0.2, 0.25) is 23.8 Å². The number of anilines is 5. The molecule has 5 aromatic rings. The van der Waals surface area contributed by atoms with Crippen molar-refractivity contribution in [3.63, 3.8) is 0 Å². The van der Waals surface area contributed by atoms with Crippen molar-refractivity contribution in [3.8, 4) is 5.75 Å². The van der Waals surface area contributed by atoms with E-state index in [0.717, 1.165) is 11.1 Å². The number of nitrogens with two attached hydrogens (primary N) is 1. The predicted molar refractivity (Wildman–Crippen MR) is 189 cm³/mol. The van der Waals surface area contributed by atoms with Crippen LogP contribution in [0.15, 0.2) is 109 Å². The van der Waals surface area contributed by atoms with Gasteiger partial charge in [-0.1, -0.05) is 60.7 Å². The molecule has 1 heterocycles. The maximum atomic E-state index is 12.6. The predicted octanol–water partition coefficient (Wildman–Crippen LogP) is 4.11. The van der Waals surface area contributed by atoms with Gasteiger partial charge in [0.25, 0.3) is 5.91 Å². The van der Waals surface area contributed by atoms with Gasteiger partial charge in [0.15, 0.2) is 0 Å². The summed E-state index contributed by atoms with van der Waals surface area (Å²) in [5, 5.41) is 24.8. The standard InChI is InChI=1S/C36H39N9O4/c37-31(23-25-7-3-1-4-8-25)33(48)38-19-21-49-22-20-39-34-43-35(45-36(44-34)42-29-15-17-30(46)18-16-29)41-28-13-11-27(12-14-28)32(47)40-24-26-9-5-2-6-10-26/h1-18,31,46H,19-24,37H2,(H,38,48)(H,40,47)(H3,39,41,42,43,44,45). The molecule has 13 heteroatoms. The molecule has 13 nitrogen and oxygen atoms in total. The zero-order chi connectivity index (χ0) is 34.3. The van der Waals surface area contributed by atoms with Crippen LogP contribution >= 0.6 is 0 Å². The van der Waals surface area contributed by atoms with Crippen LogP contribution in [0.25, 0.3) is 0 Å². The first-order chi connectivity index (χ1) is 23.9. The second-order valence-electron chi connectivity index (χ2n) is 11.0. The number of rotatable bonds is 17. The number of hydrogen-bond donors (Lipinski definition) is 7. The lowest BCUT2D eigenvalue weighted by Crippen LogP contribution is -2.43. The summed E-state index contributed by atoms with van der Waals surface area (Å²) in [5.74, 6) is 0.537. The number of amides is 2. The average Bonchev–Trinajstić information content (AvgIpc) is 3.12. The number of carbonyl (C=O) groups is 2. The number of ether oxygens (including phenoxy) is 1. The normalized spacial score (nSPS) is 11.3. The molecule has 0 saturated carbocycles. The van der Waals surface area contributed by atoms with Gasteiger partial charge in [0.1, 0.15) is 5.75 Å². The molecule has 0 fully saturated rings. The fourth-order valence-corrected chi connectivity index (χ4v) is 4.63. The topological polar surface area (TPSA) is 188 Å². The van der Waals surface area contributed by atoms with E-state index in [-0.39, 0.29) is 29.5 Å². The maximum absolute atomic E-state index is 12.6. The minimum absolute atomic E-state index is 0.137. The SMILES string of the molecule is NC(Cc1ccccc1)C(=O)NCCOCCNc1nc(Nc2ccc(O)cc2)nc(Nc2ccc(C(=O)NCc3ccccc3)cc2)n1. The van der Waals surface area contributed by atoms with Crippen molar-refractivity contribution in [2.45, 2.75) is 19.0 Å². The van der Waals surface area contributed by atoms with Gasteiger partial charge in [-0.05, 0) is 66.1 Å². The Hall–Kier alpha value is -6.05. The van der Waals surface area contributed by atoms with E-state index in [1.54, 1.807) is 48.5 Å². The third-order valence-corrected chi connectivity index (χ3v) is 7.17. The van der Waals surface area contributed by atoms with Gasteiger partial charge in [-0.15, -0.1) is 0 Å². The number of nitrogens with one attached hydrogen (secondary N) is 5. The Labute approximate surface area is 284 Å². The van der Waals surface area contributed by atoms with E-state index in [0.29, 0.717) is 62.2 Å². The van der Waals surface area contributed by atoms with Crippen molar-refractivity contribution in [2.75, 3.05) is 42.3 Å². The number of aromatic nitrogens is 3. The average molecular weight is 662 g/mol. The fourth-order valence-electron chi connectivity index (χ4n) is 4.63. The highest BCUT2D eigenvalue weighted by molar-refractivity contribution is 5.94. The minimum Gasteiger partial charge on any atom is -0.508 e. The van der Waals surface area contributed by atoms with E-state index in [1.165, 1.54) is 0 Å². The lowest BCUT2D eigenvalue weighted by Gasteiger charge is -2.13. The number of benzene rings is 4. The molecule has 0 saturated heterocycles. The first-order valence-corrected chi connectivity index (χ1v) is 15.8. The molecule has 0 aliphatic heterocycles. The van der Waals surface area contributed by atoms with Crippen molar-refractivity contribution in [1.29, 1.82) is 0 Å². The van der Waals surface area contributed by atoms with E-state index in [4.69, 9.17) is 10.5 Å². The maximum Gasteiger partial charge on any atom is 0.251 e. The smallest absolute Gasteiger partial charge is 0.251 e. The third kappa shape index (κ3) is 11.3. The van der Waals surface area contributed by atoms with Crippen LogP contribution in [0.3, 0.4) is 0 Å². The van der Waals surface area contributed by atoms with Gasteiger partial charge in [-0.2, -0.15) is 15.0 Å². The Morgan fingerprint density at radius 3 is 1.86 bits per heavy atom. The quantitative estimate of drug-likeness (QED) is 0.0561. The van der Waals surface area contributed by atoms with Crippen LogP contribution in [-0.2, 0) is 22.5 Å². The number of hydrogen-bond acceptors (Lipinski definition) is 11. The van der Waals surface area contributed by atoms with Crippen LogP contribution in [-0.4, -0.2) is 64.2 Å². The van der Waals surface area contributed by atoms with Crippen molar-refractivity contribution in [1.82, 2.24) is 25.6 Å². The largest absolute Gasteiger partial charge is 0.508 e. The Morgan fingerprint density at radius 1 is 0.673 bits per heavy atom. The molecule has 5 rings (SSSR count). The molecule has 8 N–H and O–H groups in total. The fraction of sp³-hybridized carbons (Fsp3) is 0.194. The van der Waals surface area contributed by atoms with Crippen LogP contribution in [0.4, 0.5) is 29.2 Å². The van der Waals surface area contributed by atoms with E-state index in [1.807, 2.05) is 60.7 Å². The number of carbonyl (C=O) groups excluding carboxylic acids is 2. The molecule has 0 spiro atoms. The number of phenolic OH excluding ortho intramolecular Hbond substituents is 1. The Bertz CT molecular complexity index is 1780. The molecule has 4 aromatic carbocycles. The van der Waals surface area contributed by atoms with Gasteiger partial charge in [-0.3, -0.25) is 9.59 Å². The zero-order valence-electron chi connectivity index (χ0n) is 26.8. The van der Waals surface area contributed by atoms with Crippen molar-refractivity contribution < 1.29 is 19.4 Å². The molecular weight excluding hydrogens is 622 g/mol. The third-order valence-electron chi connectivity index (χ3n) is 7.17. The summed E-state index contributed by atoms with van der Waals surface area (Å²) < 4.78 is 5.66. The van der Waals surface area contributed by atoms with Gasteiger partial charge in [-0.25, -0.2) is 0 Å². The molecule has 2 amide bonds. The summed E-state index contributed by atoms with van der Waals surface area (Å²) >= 11 is 0. The minimum atomic E-state index is -0.637. The summed E-state index contributed by atoms with van der Waals surface area (Å²) in [6.07, 6.45) is 0.460. The van der Waals surface area contributed by atoms with Crippen LogP contribution in [0.1, 0.15) is 21.5 Å². The molecule has 0 radical (unpaired) electrons. The lowest BCUT2D eigenvalue weighted by molar-refractivity contribution is -0.122. The van der Waals surface area contributed by atoms with Crippen molar-refractivity contribution in [2.24, 2.45) is 5.73 Å². The van der Waals surface area contributed by atoms with Gasteiger partial charge in [0, 0.05) is 36.6 Å². The highest BCUT2D eigenvalue weighted by Crippen LogP contribution is 2.21. The molecule has 252 valence electrons. The van der Waals surface area contributed by atoms with Gasteiger partial charge >= 0.3 is 0 Å². The molecule has 0 aliphatic rings. The van der Waals surface area contributed by atoms with Crippen LogP contribution in [0, 0.1) is 0 Å². The van der Waals surface area contributed by atoms with E-state index in [9.17, 15) is 14.7 Å². The van der Waals surface area contributed by atoms with Crippen LogP contribution in [0.2, 0.25) is 0 Å². The number of aromatic hydroxyl groups is 1. The van der Waals surface area contributed by atoms with Crippen LogP contribution in [0.5, 0.6) is 5.75 Å². The summed E-state index contributed by atoms with van der Waals surface area (Å²) in [4.78, 5) is 38.4. The summed E-state index contributed by atoms with van der Waals surface area (Å²) in [7, 11) is 0. The van der Waals surface area contributed by atoms with Crippen molar-refractivity contribution in [3.05, 3.63) is 126 Å². The number of phenols is 1. The number of nitrogens with zero attached hydrogens (tertiary/aromatic N) is 3. The molecule has 0 bridgehead atoms. The van der Waals surface area contributed by atoms with E-state index < -0.39 is 6.04 Å². The second kappa shape index (κ2) is 17.8. The van der Waals surface area contributed by atoms with Crippen LogP contribution < -0.4 is 32.3 Å². The summed E-state index contributed by atoms with van der Waals surface area (Å²) in [6, 6.07) is 32.2. The van der Waals surface area contributed by atoms with E-state index >= 15 is 0 Å². The Balaban J connectivity index is 1.12. The lowest BCUT2D eigenvalue weighted by atomic mass is 10.1. The summed E-state index contributed by atoms with van der Waals surface area (Å²) in [5.41, 5.74) is 9.90. The van der Waals surface area contributed by atoms with Gasteiger partial charge in [0.05, 0.1) is 19.3 Å². The molecule has 1 unspecified atom stereocenters. The second-order valence-corrected chi connectivity index (χ2v) is 11.0. The van der Waals surface area contributed by atoms with Crippen molar-refractivity contribution >= 4 is 41.0 Å². The summed E-state index contributed by atoms with van der Waals surface area (Å²) in [6.45, 7) is 1.78. The monoisotopic (exact) mass is 661 g/mol. The highest BCUT2D eigenvalue weighted by Gasteiger charge is 2.13. The Morgan fingerprint density at radius 2 is 1.22 bits per heavy atom. The molecule has 1 aromatic heterocycles.